The highest BCUT2D eigenvalue weighted by Gasteiger charge is 2.28. The number of nitrogens with zero attached hydrogens (tertiary/aromatic N) is 4. The van der Waals surface area contributed by atoms with Crippen LogP contribution in [0, 0.1) is 0 Å². The number of esters is 1. The molecule has 1 fully saturated rings. The second-order valence-electron chi connectivity index (χ2n) is 4.48. The summed E-state index contributed by atoms with van der Waals surface area (Å²) in [5.74, 6) is -0.395. The molecule has 1 aromatic heterocycles. The molecule has 0 radical (unpaired) electrons. The summed E-state index contributed by atoms with van der Waals surface area (Å²) in [5.41, 5.74) is 6.97. The molecule has 1 saturated carbocycles. The number of tetrazole rings is 1. The molecular formula is C12H13N5O2S. The molecule has 2 N–H and O–H groups in total. The fourth-order valence-electron chi connectivity index (χ4n) is 1.77. The number of aromatic nitrogens is 4. The van der Waals surface area contributed by atoms with Gasteiger partial charge in [-0.05, 0) is 53.2 Å². The summed E-state index contributed by atoms with van der Waals surface area (Å²) in [5, 5.41) is 12.4. The molecule has 0 bridgehead atoms. The maximum Gasteiger partial charge on any atom is 0.337 e. The smallest absolute Gasteiger partial charge is 0.337 e. The van der Waals surface area contributed by atoms with Gasteiger partial charge in [0.15, 0.2) is 0 Å². The highest BCUT2D eigenvalue weighted by molar-refractivity contribution is 7.99. The summed E-state index contributed by atoms with van der Waals surface area (Å²) in [7, 11) is 1.35. The van der Waals surface area contributed by atoms with Crippen LogP contribution in [0.1, 0.15) is 29.2 Å². The first-order valence-corrected chi connectivity index (χ1v) is 6.94. The molecule has 0 saturated heterocycles. The van der Waals surface area contributed by atoms with E-state index in [0.29, 0.717) is 22.4 Å². The molecule has 8 heteroatoms. The summed E-state index contributed by atoms with van der Waals surface area (Å²) < 4.78 is 6.50. The molecule has 20 heavy (non-hydrogen) atoms. The van der Waals surface area contributed by atoms with E-state index >= 15 is 0 Å². The van der Waals surface area contributed by atoms with E-state index in [9.17, 15) is 4.79 Å². The van der Waals surface area contributed by atoms with Crippen LogP contribution < -0.4 is 5.73 Å². The second-order valence-corrected chi connectivity index (χ2v) is 5.49. The topological polar surface area (TPSA) is 95.9 Å². The number of hydrogen-bond donors (Lipinski definition) is 1. The molecule has 0 amide bonds. The first-order chi connectivity index (χ1) is 9.69. The van der Waals surface area contributed by atoms with E-state index in [1.807, 2.05) is 0 Å². The molecule has 1 heterocycles. The highest BCUT2D eigenvalue weighted by atomic mass is 32.2. The Morgan fingerprint density at radius 2 is 2.30 bits per heavy atom. The maximum absolute atomic E-state index is 11.5. The van der Waals surface area contributed by atoms with E-state index in [-0.39, 0.29) is 0 Å². The molecular weight excluding hydrogens is 278 g/mol. The molecule has 1 aliphatic rings. The SMILES string of the molecule is COC(=O)c1ccc(N)c(Sc2nnnn2C2CC2)c1. The molecule has 0 unspecified atom stereocenters. The Hall–Kier alpha value is -2.09. The van der Waals surface area contributed by atoms with E-state index in [4.69, 9.17) is 10.5 Å². The van der Waals surface area contributed by atoms with Crippen molar-refractivity contribution in [1.82, 2.24) is 20.2 Å². The minimum atomic E-state index is -0.395. The number of benzene rings is 1. The van der Waals surface area contributed by atoms with Crippen LogP contribution in [0.3, 0.4) is 0 Å². The predicted octanol–water partition coefficient (Wildman–Crippen LogP) is 1.53. The van der Waals surface area contributed by atoms with Crippen LogP contribution in [-0.2, 0) is 4.74 Å². The van der Waals surface area contributed by atoms with Crippen molar-refractivity contribution in [1.29, 1.82) is 0 Å². The van der Waals surface area contributed by atoms with E-state index in [2.05, 4.69) is 15.5 Å². The van der Waals surface area contributed by atoms with Gasteiger partial charge in [-0.15, -0.1) is 5.10 Å². The zero-order valence-corrected chi connectivity index (χ0v) is 11.6. The Balaban J connectivity index is 1.89. The van der Waals surface area contributed by atoms with Crippen molar-refractivity contribution in [3.8, 4) is 0 Å². The van der Waals surface area contributed by atoms with Crippen LogP contribution in [0.4, 0.5) is 5.69 Å². The van der Waals surface area contributed by atoms with Gasteiger partial charge in [-0.3, -0.25) is 0 Å². The van der Waals surface area contributed by atoms with Crippen LogP contribution in [0.15, 0.2) is 28.3 Å². The lowest BCUT2D eigenvalue weighted by atomic mass is 10.2. The van der Waals surface area contributed by atoms with Crippen molar-refractivity contribution in [2.24, 2.45) is 0 Å². The zero-order valence-electron chi connectivity index (χ0n) is 10.8. The number of rotatable bonds is 4. The van der Waals surface area contributed by atoms with Gasteiger partial charge in [-0.2, -0.15) is 0 Å². The van der Waals surface area contributed by atoms with Gasteiger partial charge >= 0.3 is 5.97 Å². The van der Waals surface area contributed by atoms with Crippen molar-refractivity contribution in [3.63, 3.8) is 0 Å². The Morgan fingerprint density at radius 1 is 1.50 bits per heavy atom. The van der Waals surface area contributed by atoms with Crippen molar-refractivity contribution in [2.75, 3.05) is 12.8 Å². The number of nitrogen functional groups attached to an aromatic ring is 1. The van der Waals surface area contributed by atoms with Crippen molar-refractivity contribution >= 4 is 23.4 Å². The van der Waals surface area contributed by atoms with E-state index < -0.39 is 5.97 Å². The number of carbonyl (C=O) groups excluding carboxylic acids is 1. The van der Waals surface area contributed by atoms with Gasteiger partial charge in [0.05, 0.1) is 18.7 Å². The first-order valence-electron chi connectivity index (χ1n) is 6.12. The fraction of sp³-hybridized carbons (Fsp3) is 0.333. The third-order valence-electron chi connectivity index (χ3n) is 2.99. The molecule has 3 rings (SSSR count). The number of ether oxygens (including phenoxy) is 1. The molecule has 1 aromatic carbocycles. The lowest BCUT2D eigenvalue weighted by molar-refractivity contribution is 0.0600. The Kier molecular flexibility index (Phi) is 3.31. The molecule has 2 aromatic rings. The number of hydrogen-bond acceptors (Lipinski definition) is 7. The lowest BCUT2D eigenvalue weighted by Crippen LogP contribution is -2.03. The van der Waals surface area contributed by atoms with Gasteiger partial charge in [-0.1, -0.05) is 0 Å². The maximum atomic E-state index is 11.5. The number of methoxy groups -OCH3 is 1. The van der Waals surface area contributed by atoms with Crippen LogP contribution in [0.2, 0.25) is 0 Å². The molecule has 104 valence electrons. The predicted molar refractivity (Wildman–Crippen MR) is 72.4 cm³/mol. The minimum absolute atomic E-state index is 0.387. The Labute approximate surface area is 119 Å². The van der Waals surface area contributed by atoms with Crippen LogP contribution >= 0.6 is 11.8 Å². The second kappa shape index (κ2) is 5.12. The number of nitrogens with two attached hydrogens (primary N) is 1. The first kappa shape index (κ1) is 12.9. The van der Waals surface area contributed by atoms with E-state index in [0.717, 1.165) is 17.7 Å². The van der Waals surface area contributed by atoms with Gasteiger partial charge in [0.25, 0.3) is 0 Å². The fourth-order valence-corrected chi connectivity index (χ4v) is 2.69. The Bertz CT molecular complexity index is 653. The standard InChI is InChI=1S/C12H13N5O2S/c1-19-11(18)7-2-5-9(13)10(6-7)20-12-14-15-16-17(12)8-3-4-8/h2,5-6,8H,3-4,13H2,1H3. The molecule has 0 aliphatic heterocycles. The van der Waals surface area contributed by atoms with E-state index in [1.165, 1.54) is 18.9 Å². The highest BCUT2D eigenvalue weighted by Crippen LogP contribution is 2.39. The average molecular weight is 291 g/mol. The summed E-state index contributed by atoms with van der Waals surface area (Å²) in [6.45, 7) is 0. The Morgan fingerprint density at radius 3 is 3.00 bits per heavy atom. The quantitative estimate of drug-likeness (QED) is 0.674. The monoisotopic (exact) mass is 291 g/mol. The normalized spacial score (nSPS) is 14.2. The van der Waals surface area contributed by atoms with Crippen molar-refractivity contribution < 1.29 is 9.53 Å². The van der Waals surface area contributed by atoms with Gasteiger partial charge < -0.3 is 10.5 Å². The van der Waals surface area contributed by atoms with Gasteiger partial charge in [0.1, 0.15) is 0 Å². The number of anilines is 1. The summed E-state index contributed by atoms with van der Waals surface area (Å²) in [6.07, 6.45) is 2.19. The molecule has 7 nitrogen and oxygen atoms in total. The number of carbonyl (C=O) groups is 1. The zero-order chi connectivity index (χ0) is 14.1. The third kappa shape index (κ3) is 2.46. The van der Waals surface area contributed by atoms with Crippen LogP contribution in [0.5, 0.6) is 0 Å². The average Bonchev–Trinajstić information content (AvgIpc) is 3.20. The largest absolute Gasteiger partial charge is 0.465 e. The third-order valence-corrected chi connectivity index (χ3v) is 4.02. The van der Waals surface area contributed by atoms with Gasteiger partial charge in [0, 0.05) is 10.6 Å². The van der Waals surface area contributed by atoms with E-state index in [1.54, 1.807) is 22.9 Å². The lowest BCUT2D eigenvalue weighted by Gasteiger charge is -2.07. The van der Waals surface area contributed by atoms with Gasteiger partial charge in [-0.25, -0.2) is 9.48 Å². The van der Waals surface area contributed by atoms with Crippen molar-refractivity contribution in [3.05, 3.63) is 23.8 Å². The van der Waals surface area contributed by atoms with Gasteiger partial charge in [0.2, 0.25) is 5.16 Å². The minimum Gasteiger partial charge on any atom is -0.465 e. The summed E-state index contributed by atoms with van der Waals surface area (Å²) >= 11 is 1.35. The summed E-state index contributed by atoms with van der Waals surface area (Å²) in [6, 6.07) is 5.39. The molecule has 1 aliphatic carbocycles. The van der Waals surface area contributed by atoms with Crippen molar-refractivity contribution in [2.45, 2.75) is 28.9 Å². The molecule has 0 atom stereocenters. The van der Waals surface area contributed by atoms with Crippen LogP contribution in [-0.4, -0.2) is 33.3 Å². The van der Waals surface area contributed by atoms with Crippen LogP contribution in [0.25, 0.3) is 0 Å². The summed E-state index contributed by atoms with van der Waals surface area (Å²) in [4.78, 5) is 12.3. The molecule has 0 spiro atoms.